The molecule has 0 spiro atoms. The number of nitrogens with zero attached hydrogens (tertiary/aromatic N) is 1. The highest BCUT2D eigenvalue weighted by Gasteiger charge is 2.24. The minimum Gasteiger partial charge on any atom is -0.595 e. The number of carbonyl (C=O) groups excluding carboxylic acids is 1. The number of fused-ring (bicyclic) bond motifs is 1. The third-order valence-electron chi connectivity index (χ3n) is 3.85. The molecule has 0 aliphatic heterocycles. The van der Waals surface area contributed by atoms with E-state index >= 15 is 0 Å². The van der Waals surface area contributed by atoms with Crippen LogP contribution in [0.1, 0.15) is 22.2 Å². The van der Waals surface area contributed by atoms with Crippen LogP contribution in [-0.2, 0) is 0 Å². The molecule has 0 bridgehead atoms. The van der Waals surface area contributed by atoms with Crippen molar-refractivity contribution in [2.75, 3.05) is 7.11 Å². The van der Waals surface area contributed by atoms with Crippen molar-refractivity contribution in [3.63, 3.8) is 0 Å². The van der Waals surface area contributed by atoms with Gasteiger partial charge in [-0.25, -0.2) is 10.2 Å². The number of Topliss-reactive ketones (excluding diaryl/α,β-unsaturated/α-hetero) is 1. The summed E-state index contributed by atoms with van der Waals surface area (Å²) in [4.78, 5) is 31.1. The summed E-state index contributed by atoms with van der Waals surface area (Å²) in [5, 5.41) is 29.1. The highest BCUT2D eigenvalue weighted by Crippen LogP contribution is 2.20. The van der Waals surface area contributed by atoms with E-state index in [0.717, 1.165) is 0 Å². The van der Waals surface area contributed by atoms with Gasteiger partial charge in [-0.3, -0.25) is 9.59 Å². The second kappa shape index (κ2) is 7.02. The van der Waals surface area contributed by atoms with Gasteiger partial charge in [0.1, 0.15) is 11.9 Å². The van der Waals surface area contributed by atoms with Crippen molar-refractivity contribution in [2.24, 2.45) is 0 Å². The molecule has 3 aromatic rings. The minimum atomic E-state index is -1.56. The van der Waals surface area contributed by atoms with Gasteiger partial charge >= 0.3 is 0 Å². The molecule has 0 fully saturated rings. The fourth-order valence-corrected chi connectivity index (χ4v) is 2.45. The average Bonchev–Trinajstić information content (AvgIpc) is 2.65. The lowest BCUT2D eigenvalue weighted by atomic mass is 10.0. The number of nitrogens with one attached hydrogen (secondary N) is 2. The Morgan fingerprint density at radius 2 is 1.96 bits per heavy atom. The monoisotopic (exact) mass is 357 g/mol. The predicted molar refractivity (Wildman–Crippen MR) is 90.4 cm³/mol. The molecule has 26 heavy (non-hydrogen) atoms. The molecule has 0 radical (unpaired) electrons. The first-order valence-electron chi connectivity index (χ1n) is 7.54. The van der Waals surface area contributed by atoms with Crippen molar-refractivity contribution in [1.82, 2.24) is 9.97 Å². The number of H-pyrrole nitrogens is 1. The van der Waals surface area contributed by atoms with E-state index in [-0.39, 0.29) is 16.7 Å². The summed E-state index contributed by atoms with van der Waals surface area (Å²) in [6, 6.07) is 10.1. The summed E-state index contributed by atoms with van der Waals surface area (Å²) in [5.41, 5.74) is -0.572. The third kappa shape index (κ3) is 3.32. The Labute approximate surface area is 146 Å². The molecule has 2 unspecified atom stereocenters. The van der Waals surface area contributed by atoms with Gasteiger partial charge < -0.3 is 20.0 Å². The molecule has 134 valence electrons. The highest BCUT2D eigenvalue weighted by molar-refractivity contribution is 5.99. The molecule has 9 heteroatoms. The number of aromatic nitrogens is 2. The van der Waals surface area contributed by atoms with E-state index in [1.807, 2.05) is 0 Å². The first-order valence-corrected chi connectivity index (χ1v) is 7.54. The van der Waals surface area contributed by atoms with Crippen LogP contribution in [0, 0.1) is 5.21 Å². The second-order valence-corrected chi connectivity index (χ2v) is 5.49. The van der Waals surface area contributed by atoms with Gasteiger partial charge in [0.2, 0.25) is 5.78 Å². The third-order valence-corrected chi connectivity index (χ3v) is 3.85. The van der Waals surface area contributed by atoms with Gasteiger partial charge in [-0.2, -0.15) is 5.23 Å². The van der Waals surface area contributed by atoms with Crippen molar-refractivity contribution in [1.29, 1.82) is 0 Å². The van der Waals surface area contributed by atoms with Gasteiger partial charge in [-0.1, -0.05) is 12.1 Å². The number of aliphatic hydroxyl groups is 1. The molecule has 2 atom stereocenters. The largest absolute Gasteiger partial charge is 0.595 e. The summed E-state index contributed by atoms with van der Waals surface area (Å²) in [7, 11) is 1.49. The predicted octanol–water partition coefficient (Wildman–Crippen LogP) is 0.251. The number of hydrogen-bond donors (Lipinski definition) is 4. The fourth-order valence-electron chi connectivity index (χ4n) is 2.45. The topological polar surface area (TPSA) is 140 Å². The van der Waals surface area contributed by atoms with Crippen molar-refractivity contribution < 1.29 is 25.1 Å². The molecule has 4 N–H and O–H groups in total. The van der Waals surface area contributed by atoms with Crippen molar-refractivity contribution >= 4 is 22.5 Å². The first kappa shape index (κ1) is 17.7. The lowest BCUT2D eigenvalue weighted by molar-refractivity contribution is -0.991. The lowest BCUT2D eigenvalue weighted by Crippen LogP contribution is -2.99. The van der Waals surface area contributed by atoms with Crippen molar-refractivity contribution in [3.8, 4) is 5.75 Å². The molecule has 3 rings (SSSR count). The van der Waals surface area contributed by atoms with Gasteiger partial charge in [0.05, 0.1) is 18.1 Å². The van der Waals surface area contributed by atoms with Gasteiger partial charge in [0.25, 0.3) is 5.56 Å². The van der Waals surface area contributed by atoms with Crippen LogP contribution < -0.4 is 15.5 Å². The molecule has 0 saturated carbocycles. The fraction of sp³-hybridized carbons (Fsp3) is 0.118. The van der Waals surface area contributed by atoms with Crippen LogP contribution in [0.25, 0.3) is 11.0 Å². The number of carbonyl (C=O) groups is 1. The SMILES string of the molecule is COc1ccc(C(O)C(=O)c2nc3ccc([NH+]([O-])O)cc3[nH]c2=O)cc1. The molecule has 2 aromatic carbocycles. The van der Waals surface area contributed by atoms with E-state index in [2.05, 4.69) is 9.97 Å². The normalized spacial score (nSPS) is 13.4. The van der Waals surface area contributed by atoms with Gasteiger partial charge in [0.15, 0.2) is 11.4 Å². The quantitative estimate of drug-likeness (QED) is 0.379. The second-order valence-electron chi connectivity index (χ2n) is 5.49. The number of aromatic amines is 1. The Bertz CT molecular complexity index is 1010. The Morgan fingerprint density at radius 1 is 1.27 bits per heavy atom. The molecule has 0 amide bonds. The highest BCUT2D eigenvalue weighted by atomic mass is 16.8. The molecular weight excluding hydrogens is 342 g/mol. The molecule has 0 aliphatic rings. The summed E-state index contributed by atoms with van der Waals surface area (Å²) in [6.07, 6.45) is -1.56. The average molecular weight is 357 g/mol. The summed E-state index contributed by atoms with van der Waals surface area (Å²) in [6.45, 7) is 0. The Kier molecular flexibility index (Phi) is 4.78. The van der Waals surface area contributed by atoms with Gasteiger partial charge in [-0.05, 0) is 23.8 Å². The van der Waals surface area contributed by atoms with E-state index in [1.165, 1.54) is 37.4 Å². The smallest absolute Gasteiger partial charge is 0.278 e. The number of methoxy groups -OCH3 is 1. The van der Waals surface area contributed by atoms with Crippen LogP contribution >= 0.6 is 0 Å². The molecule has 9 nitrogen and oxygen atoms in total. The van der Waals surface area contributed by atoms with Crippen molar-refractivity contribution in [3.05, 3.63) is 69.3 Å². The first-order chi connectivity index (χ1) is 12.4. The zero-order valence-corrected chi connectivity index (χ0v) is 13.6. The number of ketones is 1. The maximum Gasteiger partial charge on any atom is 0.278 e. The van der Waals surface area contributed by atoms with E-state index in [1.54, 1.807) is 12.1 Å². The van der Waals surface area contributed by atoms with Gasteiger partial charge in [-0.15, -0.1) is 0 Å². The number of ether oxygens (including phenoxy) is 1. The lowest BCUT2D eigenvalue weighted by Gasteiger charge is -2.12. The number of aliphatic hydroxyl groups excluding tert-OH is 1. The molecular formula is C17H15N3O6. The summed E-state index contributed by atoms with van der Waals surface area (Å²) in [5.74, 6) is -0.301. The number of rotatable bonds is 5. The van der Waals surface area contributed by atoms with E-state index < -0.39 is 28.4 Å². The van der Waals surface area contributed by atoms with E-state index in [4.69, 9.17) is 9.94 Å². The maximum absolute atomic E-state index is 12.5. The molecule has 0 saturated heterocycles. The summed E-state index contributed by atoms with van der Waals surface area (Å²) < 4.78 is 5.01. The summed E-state index contributed by atoms with van der Waals surface area (Å²) >= 11 is 0. The van der Waals surface area contributed by atoms with Crippen LogP contribution in [0.2, 0.25) is 0 Å². The number of benzene rings is 2. The number of hydrogen-bond acceptors (Lipinski definition) is 7. The van der Waals surface area contributed by atoms with Crippen molar-refractivity contribution in [2.45, 2.75) is 6.10 Å². The Morgan fingerprint density at radius 3 is 2.58 bits per heavy atom. The van der Waals surface area contributed by atoms with Crippen LogP contribution in [0.3, 0.4) is 0 Å². The zero-order valence-electron chi connectivity index (χ0n) is 13.6. The zero-order chi connectivity index (χ0) is 18.8. The Balaban J connectivity index is 1.97. The maximum atomic E-state index is 12.5. The number of quaternary nitrogens is 1. The van der Waals surface area contributed by atoms with Crippen LogP contribution in [0.4, 0.5) is 5.69 Å². The van der Waals surface area contributed by atoms with Gasteiger partial charge in [0, 0.05) is 12.1 Å². The Hall–Kier alpha value is -3.11. The molecule has 0 aliphatic carbocycles. The van der Waals surface area contributed by atoms with Crippen LogP contribution in [-0.4, -0.2) is 33.2 Å². The van der Waals surface area contributed by atoms with Crippen LogP contribution in [0.5, 0.6) is 5.75 Å². The molecule has 1 aromatic heterocycles. The van der Waals surface area contributed by atoms with E-state index in [9.17, 15) is 19.9 Å². The van der Waals surface area contributed by atoms with E-state index in [0.29, 0.717) is 11.3 Å². The standard InChI is InChI=1S/C17H15N3O6/c1-26-11-5-2-9(3-6-11)15(21)16(22)14-17(23)19-13-8-10(20(24)25)4-7-12(13)18-14/h2-8,15,20-21,24H,1H3,(H,19,23). The molecule has 1 heterocycles. The minimum absolute atomic E-state index is 0.0210. The van der Waals surface area contributed by atoms with Crippen LogP contribution in [0.15, 0.2) is 47.3 Å².